The Bertz CT molecular complexity index is 592. The molecule has 124 valence electrons. The van der Waals surface area contributed by atoms with Crippen LogP contribution in [-0.2, 0) is 20.1 Å². The normalized spacial score (nSPS) is 25.5. The van der Waals surface area contributed by atoms with Crippen molar-refractivity contribution in [2.24, 2.45) is 5.92 Å². The number of fused-ring (bicyclic) bond motifs is 2. The first-order valence-corrected chi connectivity index (χ1v) is 9.12. The van der Waals surface area contributed by atoms with Gasteiger partial charge in [-0.2, -0.15) is 11.8 Å². The third-order valence-corrected chi connectivity index (χ3v) is 5.40. The molecule has 23 heavy (non-hydrogen) atoms. The van der Waals surface area contributed by atoms with Crippen LogP contribution in [0.5, 0.6) is 0 Å². The molecular weight excluding hydrogens is 314 g/mol. The van der Waals surface area contributed by atoms with E-state index in [1.54, 1.807) is 11.8 Å². The molecule has 2 aliphatic rings. The molecule has 2 fully saturated rings. The summed E-state index contributed by atoms with van der Waals surface area (Å²) in [6, 6.07) is 7.75. The first-order chi connectivity index (χ1) is 11.1. The Morgan fingerprint density at radius 2 is 2.22 bits per heavy atom. The topological polar surface area (TPSA) is 75.6 Å². The minimum atomic E-state index is -0.772. The Kier molecular flexibility index (Phi) is 5.23. The van der Waals surface area contributed by atoms with Gasteiger partial charge in [-0.15, -0.1) is 0 Å². The lowest BCUT2D eigenvalue weighted by Crippen LogP contribution is -2.30. The minimum absolute atomic E-state index is 0.0256. The van der Waals surface area contributed by atoms with E-state index in [1.165, 1.54) is 0 Å². The third kappa shape index (κ3) is 4.26. The number of hydrogen-bond donors (Lipinski definition) is 2. The average Bonchev–Trinajstić information content (AvgIpc) is 3.15. The smallest absolute Gasteiger partial charge is 0.304 e. The highest BCUT2D eigenvalue weighted by atomic mass is 32.2. The molecule has 1 aromatic rings. The number of anilines is 1. The van der Waals surface area contributed by atoms with Gasteiger partial charge in [0.15, 0.2) is 0 Å². The SMILES string of the molecule is O=C(O)CCSCc1cccc(NC(=O)C2CC3CCC2O3)c1. The van der Waals surface area contributed by atoms with Gasteiger partial charge in [-0.25, -0.2) is 0 Å². The highest BCUT2D eigenvalue weighted by Gasteiger charge is 2.44. The fraction of sp³-hybridized carbons (Fsp3) is 0.529. The zero-order chi connectivity index (χ0) is 16.2. The van der Waals surface area contributed by atoms with Gasteiger partial charge in [0.25, 0.3) is 0 Å². The van der Waals surface area contributed by atoms with Crippen LogP contribution < -0.4 is 5.32 Å². The molecule has 2 saturated heterocycles. The van der Waals surface area contributed by atoms with Crippen LogP contribution in [0.15, 0.2) is 24.3 Å². The van der Waals surface area contributed by atoms with Crippen molar-refractivity contribution in [1.82, 2.24) is 0 Å². The van der Waals surface area contributed by atoms with E-state index in [0.29, 0.717) is 5.75 Å². The van der Waals surface area contributed by atoms with Crippen LogP contribution in [0.25, 0.3) is 0 Å². The molecule has 0 saturated carbocycles. The van der Waals surface area contributed by atoms with Crippen LogP contribution in [0.3, 0.4) is 0 Å². The number of rotatable bonds is 7. The molecule has 0 spiro atoms. The third-order valence-electron chi connectivity index (χ3n) is 4.37. The lowest BCUT2D eigenvalue weighted by molar-refractivity contribution is -0.136. The summed E-state index contributed by atoms with van der Waals surface area (Å²) in [6.07, 6.45) is 3.44. The number of nitrogens with one attached hydrogen (secondary N) is 1. The van der Waals surface area contributed by atoms with Gasteiger partial charge < -0.3 is 15.2 Å². The summed E-state index contributed by atoms with van der Waals surface area (Å²) in [4.78, 5) is 22.9. The van der Waals surface area contributed by atoms with Crippen LogP contribution in [0.2, 0.25) is 0 Å². The van der Waals surface area contributed by atoms with Crippen molar-refractivity contribution in [3.05, 3.63) is 29.8 Å². The summed E-state index contributed by atoms with van der Waals surface area (Å²) in [5.74, 6) is 0.588. The summed E-state index contributed by atoms with van der Waals surface area (Å²) < 4.78 is 5.74. The van der Waals surface area contributed by atoms with E-state index in [0.717, 1.165) is 36.3 Å². The molecule has 0 radical (unpaired) electrons. The van der Waals surface area contributed by atoms with Gasteiger partial charge in [0, 0.05) is 17.2 Å². The molecular formula is C17H21NO4S. The summed E-state index contributed by atoms with van der Waals surface area (Å²) in [7, 11) is 0. The second-order valence-electron chi connectivity index (χ2n) is 6.10. The Balaban J connectivity index is 1.51. The molecule has 2 aliphatic heterocycles. The summed E-state index contributed by atoms with van der Waals surface area (Å²) >= 11 is 1.58. The largest absolute Gasteiger partial charge is 0.481 e. The maximum Gasteiger partial charge on any atom is 0.304 e. The Labute approximate surface area is 139 Å². The molecule has 2 heterocycles. The fourth-order valence-electron chi connectivity index (χ4n) is 3.24. The molecule has 0 aliphatic carbocycles. The molecule has 1 amide bonds. The second kappa shape index (κ2) is 7.36. The first kappa shape index (κ1) is 16.3. The molecule has 3 atom stereocenters. The zero-order valence-corrected chi connectivity index (χ0v) is 13.7. The van der Waals surface area contributed by atoms with Crippen molar-refractivity contribution >= 4 is 29.3 Å². The summed E-state index contributed by atoms with van der Waals surface area (Å²) in [5, 5.41) is 11.6. The summed E-state index contributed by atoms with van der Waals surface area (Å²) in [5.41, 5.74) is 1.89. The number of carboxylic acids is 1. The van der Waals surface area contributed by atoms with Crippen LogP contribution in [0.4, 0.5) is 5.69 Å². The highest BCUT2D eigenvalue weighted by molar-refractivity contribution is 7.98. The number of aliphatic carboxylic acids is 1. The highest BCUT2D eigenvalue weighted by Crippen LogP contribution is 2.39. The van der Waals surface area contributed by atoms with Crippen molar-refractivity contribution < 1.29 is 19.4 Å². The molecule has 2 N–H and O–H groups in total. The number of carbonyl (C=O) groups excluding carboxylic acids is 1. The van der Waals surface area contributed by atoms with Gasteiger partial charge in [0.2, 0.25) is 5.91 Å². The number of carbonyl (C=O) groups is 2. The number of benzene rings is 1. The fourth-order valence-corrected chi connectivity index (χ4v) is 4.12. The number of hydrogen-bond acceptors (Lipinski definition) is 4. The van der Waals surface area contributed by atoms with Crippen molar-refractivity contribution in [2.75, 3.05) is 11.1 Å². The average molecular weight is 335 g/mol. The van der Waals surface area contributed by atoms with Gasteiger partial charge in [-0.1, -0.05) is 12.1 Å². The van der Waals surface area contributed by atoms with E-state index in [-0.39, 0.29) is 30.5 Å². The predicted molar refractivity (Wildman–Crippen MR) is 89.5 cm³/mol. The maximum absolute atomic E-state index is 12.4. The molecule has 2 bridgehead atoms. The minimum Gasteiger partial charge on any atom is -0.481 e. The predicted octanol–water partition coefficient (Wildman–Crippen LogP) is 2.90. The van der Waals surface area contributed by atoms with E-state index in [1.807, 2.05) is 24.3 Å². The standard InChI is InChI=1S/C17H21NO4S/c19-16(20)6-7-23-10-11-2-1-3-12(8-11)18-17(21)14-9-13-4-5-15(14)22-13/h1-3,8,13-15H,4-7,9-10H2,(H,18,21)(H,19,20). The Morgan fingerprint density at radius 3 is 2.91 bits per heavy atom. The number of carboxylic acid groups (broad SMARTS) is 1. The van der Waals surface area contributed by atoms with E-state index >= 15 is 0 Å². The lowest BCUT2D eigenvalue weighted by Gasteiger charge is -2.18. The van der Waals surface area contributed by atoms with Crippen LogP contribution in [0.1, 0.15) is 31.2 Å². The monoisotopic (exact) mass is 335 g/mol. The molecule has 6 heteroatoms. The quantitative estimate of drug-likeness (QED) is 0.749. The molecule has 1 aromatic carbocycles. The van der Waals surface area contributed by atoms with Crippen LogP contribution >= 0.6 is 11.8 Å². The van der Waals surface area contributed by atoms with Crippen molar-refractivity contribution in [3.63, 3.8) is 0 Å². The Morgan fingerprint density at radius 1 is 1.35 bits per heavy atom. The number of thioether (sulfide) groups is 1. The van der Waals surface area contributed by atoms with Gasteiger partial charge in [0.1, 0.15) is 0 Å². The molecule has 5 nitrogen and oxygen atoms in total. The maximum atomic E-state index is 12.4. The second-order valence-corrected chi connectivity index (χ2v) is 7.21. The van der Waals surface area contributed by atoms with E-state index in [4.69, 9.17) is 9.84 Å². The van der Waals surface area contributed by atoms with Gasteiger partial charge in [-0.3, -0.25) is 9.59 Å². The molecule has 3 rings (SSSR count). The van der Waals surface area contributed by atoms with Crippen LogP contribution in [0, 0.1) is 5.92 Å². The molecule has 3 unspecified atom stereocenters. The summed E-state index contributed by atoms with van der Waals surface area (Å²) in [6.45, 7) is 0. The number of amides is 1. The van der Waals surface area contributed by atoms with E-state index in [9.17, 15) is 9.59 Å². The van der Waals surface area contributed by atoms with Gasteiger partial charge >= 0.3 is 5.97 Å². The van der Waals surface area contributed by atoms with E-state index < -0.39 is 5.97 Å². The molecule has 0 aromatic heterocycles. The first-order valence-electron chi connectivity index (χ1n) is 7.96. The van der Waals surface area contributed by atoms with Crippen molar-refractivity contribution in [2.45, 2.75) is 43.6 Å². The lowest BCUT2D eigenvalue weighted by atomic mass is 9.88. The van der Waals surface area contributed by atoms with Crippen molar-refractivity contribution in [3.8, 4) is 0 Å². The number of ether oxygens (including phenoxy) is 1. The Hall–Kier alpha value is -1.53. The van der Waals surface area contributed by atoms with Gasteiger partial charge in [0.05, 0.1) is 24.5 Å². The van der Waals surface area contributed by atoms with E-state index in [2.05, 4.69) is 5.32 Å². The van der Waals surface area contributed by atoms with Crippen LogP contribution in [-0.4, -0.2) is 34.9 Å². The van der Waals surface area contributed by atoms with Gasteiger partial charge in [-0.05, 0) is 37.0 Å². The zero-order valence-electron chi connectivity index (χ0n) is 12.9. The van der Waals surface area contributed by atoms with Crippen molar-refractivity contribution in [1.29, 1.82) is 0 Å².